The van der Waals surface area contributed by atoms with Crippen LogP contribution < -0.4 is 15.3 Å². The molecule has 184 valence electrons. The van der Waals surface area contributed by atoms with Crippen molar-refractivity contribution in [2.45, 2.75) is 46.8 Å². The average Bonchev–Trinajstić information content (AvgIpc) is 3.15. The number of amides is 1. The molecule has 1 amide bonds. The normalized spacial score (nSPS) is 15.3. The van der Waals surface area contributed by atoms with Crippen molar-refractivity contribution in [2.75, 3.05) is 18.6 Å². The Labute approximate surface area is 202 Å². The van der Waals surface area contributed by atoms with Gasteiger partial charge in [-0.2, -0.15) is 4.68 Å². The number of nitrogens with zero attached hydrogens (tertiary/aromatic N) is 5. The molecule has 0 radical (unpaired) electrons. The van der Waals surface area contributed by atoms with E-state index in [1.54, 1.807) is 18.0 Å². The standard InChI is InChI=1S/C25H28FN5O4/c1-7-29-21(12-32)28-31(25(29)34)20-9-16-17(8-19(20)26)24(33)30(11-18(16)13(2)3)22-14(4)10-27-23(35-6)15(22)5/h8-10,18,32H,2,7,11-12H2,1,3-6H3. The number of carbonyl (C=O) groups is 1. The molecule has 9 nitrogen and oxygen atoms in total. The second kappa shape index (κ2) is 9.10. The fourth-order valence-electron chi connectivity index (χ4n) is 4.70. The highest BCUT2D eigenvalue weighted by Crippen LogP contribution is 2.40. The summed E-state index contributed by atoms with van der Waals surface area (Å²) in [6, 6.07) is 2.63. The minimum absolute atomic E-state index is 0.0823. The first-order chi connectivity index (χ1) is 16.6. The molecule has 1 unspecified atom stereocenters. The molecule has 1 aliphatic rings. The van der Waals surface area contributed by atoms with Crippen LogP contribution >= 0.6 is 0 Å². The van der Waals surface area contributed by atoms with Crippen LogP contribution in [0.4, 0.5) is 10.1 Å². The second-order valence-electron chi connectivity index (χ2n) is 8.64. The summed E-state index contributed by atoms with van der Waals surface area (Å²) in [4.78, 5) is 32.4. The fourth-order valence-corrected chi connectivity index (χ4v) is 4.70. The lowest BCUT2D eigenvalue weighted by atomic mass is 9.84. The molecule has 1 atom stereocenters. The van der Waals surface area contributed by atoms with Gasteiger partial charge in [-0.25, -0.2) is 14.2 Å². The predicted octanol–water partition coefficient (Wildman–Crippen LogP) is 3.03. The minimum Gasteiger partial charge on any atom is -0.481 e. The highest BCUT2D eigenvalue weighted by molar-refractivity contribution is 6.09. The number of aliphatic hydroxyl groups excluding tert-OH is 1. The van der Waals surface area contributed by atoms with Crippen LogP contribution in [0.2, 0.25) is 0 Å². The Balaban J connectivity index is 1.91. The number of fused-ring (bicyclic) bond motifs is 1. The maximum atomic E-state index is 15.4. The number of aryl methyl sites for hydroxylation is 1. The number of carbonyl (C=O) groups excluding carboxylic acids is 1. The van der Waals surface area contributed by atoms with Crippen LogP contribution in [0.1, 0.15) is 52.6 Å². The Bertz CT molecular complexity index is 1410. The molecule has 2 aromatic heterocycles. The van der Waals surface area contributed by atoms with E-state index in [1.165, 1.54) is 17.7 Å². The summed E-state index contributed by atoms with van der Waals surface area (Å²) in [6.45, 7) is 11.5. The van der Waals surface area contributed by atoms with Gasteiger partial charge in [0.25, 0.3) is 5.91 Å². The van der Waals surface area contributed by atoms with E-state index in [0.717, 1.165) is 21.9 Å². The molecule has 4 rings (SSSR count). The molecule has 0 bridgehead atoms. The van der Waals surface area contributed by atoms with Gasteiger partial charge in [-0.05, 0) is 51.0 Å². The molecule has 0 fully saturated rings. The molecule has 0 aliphatic carbocycles. The van der Waals surface area contributed by atoms with E-state index < -0.39 is 18.1 Å². The van der Waals surface area contributed by atoms with E-state index in [-0.39, 0.29) is 42.0 Å². The lowest BCUT2D eigenvalue weighted by Gasteiger charge is -2.36. The van der Waals surface area contributed by atoms with Crippen molar-refractivity contribution < 1.29 is 19.0 Å². The van der Waals surface area contributed by atoms with E-state index in [9.17, 15) is 14.7 Å². The van der Waals surface area contributed by atoms with E-state index in [4.69, 9.17) is 4.74 Å². The highest BCUT2D eigenvalue weighted by atomic mass is 19.1. The molecule has 1 aliphatic heterocycles. The number of benzene rings is 1. The first kappa shape index (κ1) is 24.3. The number of halogens is 1. The summed E-state index contributed by atoms with van der Waals surface area (Å²) in [5, 5.41) is 13.7. The average molecular weight is 482 g/mol. The molecule has 3 heterocycles. The number of hydrogen-bond acceptors (Lipinski definition) is 6. The smallest absolute Gasteiger partial charge is 0.350 e. The fraction of sp³-hybridized carbons (Fsp3) is 0.360. The molecule has 10 heteroatoms. The molecule has 1 aromatic carbocycles. The van der Waals surface area contributed by atoms with Gasteiger partial charge in [0.05, 0.1) is 12.8 Å². The molecule has 0 saturated carbocycles. The third-order valence-corrected chi connectivity index (χ3v) is 6.44. The number of rotatable bonds is 6. The highest BCUT2D eigenvalue weighted by Gasteiger charge is 2.36. The summed E-state index contributed by atoms with van der Waals surface area (Å²) in [6.07, 6.45) is 1.64. The predicted molar refractivity (Wildman–Crippen MR) is 129 cm³/mol. The van der Waals surface area contributed by atoms with E-state index in [2.05, 4.69) is 16.7 Å². The Morgan fingerprint density at radius 2 is 2.03 bits per heavy atom. The molecule has 1 N–H and O–H groups in total. The zero-order valence-corrected chi connectivity index (χ0v) is 20.4. The third-order valence-electron chi connectivity index (χ3n) is 6.44. The minimum atomic E-state index is -0.771. The van der Waals surface area contributed by atoms with Gasteiger partial charge in [-0.1, -0.05) is 12.2 Å². The SMILES string of the molecule is C=C(C)C1CN(c2c(C)cnc(OC)c2C)C(=O)c2cc(F)c(-n3nc(CO)n(CC)c3=O)cc21. The van der Waals surface area contributed by atoms with Gasteiger partial charge in [0.15, 0.2) is 5.82 Å². The van der Waals surface area contributed by atoms with Crippen molar-refractivity contribution in [1.29, 1.82) is 0 Å². The summed E-state index contributed by atoms with van der Waals surface area (Å²) >= 11 is 0. The number of pyridine rings is 1. The Kier molecular flexibility index (Phi) is 6.33. The zero-order valence-electron chi connectivity index (χ0n) is 20.4. The summed E-state index contributed by atoms with van der Waals surface area (Å²) in [5.41, 5.74) is 3.03. The van der Waals surface area contributed by atoms with Crippen LogP contribution in [0, 0.1) is 19.7 Å². The molecule has 3 aromatic rings. The molecule has 0 spiro atoms. The molecule has 0 saturated heterocycles. The van der Waals surface area contributed by atoms with Crippen LogP contribution in [0.25, 0.3) is 5.69 Å². The quantitative estimate of drug-likeness (QED) is 0.543. The number of aromatic nitrogens is 4. The molecular weight excluding hydrogens is 453 g/mol. The second-order valence-corrected chi connectivity index (χ2v) is 8.64. The van der Waals surface area contributed by atoms with Crippen LogP contribution in [0.3, 0.4) is 0 Å². The largest absolute Gasteiger partial charge is 0.481 e. The van der Waals surface area contributed by atoms with Crippen LogP contribution in [-0.2, 0) is 13.2 Å². The van der Waals surface area contributed by atoms with Crippen LogP contribution in [-0.4, -0.2) is 44.0 Å². The lowest BCUT2D eigenvalue weighted by Crippen LogP contribution is -2.41. The zero-order chi connectivity index (χ0) is 25.6. The Morgan fingerprint density at radius 1 is 1.31 bits per heavy atom. The van der Waals surface area contributed by atoms with E-state index >= 15 is 4.39 Å². The number of anilines is 1. The number of ether oxygens (including phenoxy) is 1. The van der Waals surface area contributed by atoms with Crippen molar-refractivity contribution in [3.8, 4) is 11.6 Å². The van der Waals surface area contributed by atoms with Gasteiger partial charge in [-0.3, -0.25) is 9.36 Å². The van der Waals surface area contributed by atoms with Crippen molar-refractivity contribution in [3.05, 3.63) is 74.9 Å². The van der Waals surface area contributed by atoms with Gasteiger partial charge in [-0.15, -0.1) is 5.10 Å². The van der Waals surface area contributed by atoms with Crippen molar-refractivity contribution in [3.63, 3.8) is 0 Å². The molecular formula is C25H28FN5O4. The maximum absolute atomic E-state index is 15.4. The summed E-state index contributed by atoms with van der Waals surface area (Å²) < 4.78 is 23.0. The van der Waals surface area contributed by atoms with Crippen molar-refractivity contribution in [2.24, 2.45) is 0 Å². The van der Waals surface area contributed by atoms with Crippen molar-refractivity contribution in [1.82, 2.24) is 19.3 Å². The number of aliphatic hydroxyl groups is 1. The maximum Gasteiger partial charge on any atom is 0.350 e. The Hall–Kier alpha value is -3.79. The van der Waals surface area contributed by atoms with Gasteiger partial charge in [0, 0.05) is 36.3 Å². The summed E-state index contributed by atoms with van der Waals surface area (Å²) in [5.74, 6) is -0.923. The number of hydrogen-bond donors (Lipinski definition) is 1. The third kappa shape index (κ3) is 3.83. The van der Waals surface area contributed by atoms with Crippen LogP contribution in [0.5, 0.6) is 5.88 Å². The molecule has 35 heavy (non-hydrogen) atoms. The topological polar surface area (TPSA) is 102 Å². The number of methoxy groups -OCH3 is 1. The van der Waals surface area contributed by atoms with Gasteiger partial charge in [0.1, 0.15) is 18.1 Å². The summed E-state index contributed by atoms with van der Waals surface area (Å²) in [7, 11) is 1.51. The van der Waals surface area contributed by atoms with Gasteiger partial charge in [0.2, 0.25) is 5.88 Å². The van der Waals surface area contributed by atoms with Crippen molar-refractivity contribution >= 4 is 11.6 Å². The first-order valence-electron chi connectivity index (χ1n) is 11.2. The van der Waals surface area contributed by atoms with Crippen LogP contribution in [0.15, 0.2) is 35.3 Å². The van der Waals surface area contributed by atoms with Gasteiger partial charge < -0.3 is 14.7 Å². The van der Waals surface area contributed by atoms with E-state index in [1.807, 2.05) is 20.8 Å². The monoisotopic (exact) mass is 481 g/mol. The first-order valence-corrected chi connectivity index (χ1v) is 11.2. The lowest BCUT2D eigenvalue weighted by molar-refractivity contribution is 0.0977. The van der Waals surface area contributed by atoms with E-state index in [0.29, 0.717) is 22.7 Å². The van der Waals surface area contributed by atoms with Gasteiger partial charge >= 0.3 is 5.69 Å². The Morgan fingerprint density at radius 3 is 2.60 bits per heavy atom.